The minimum atomic E-state index is -1.26. The molecular weight excluding hydrogens is 184 g/mol. The summed E-state index contributed by atoms with van der Waals surface area (Å²) in [5, 5.41) is 18.5. The molecule has 14 heavy (non-hydrogen) atoms. The molecular formula is C9H6N2O3. The Bertz CT molecular complexity index is 510. The van der Waals surface area contributed by atoms with E-state index >= 15 is 0 Å². The van der Waals surface area contributed by atoms with Crippen molar-refractivity contribution < 1.29 is 15.0 Å². The second kappa shape index (κ2) is 2.95. The van der Waals surface area contributed by atoms with Gasteiger partial charge in [0.25, 0.3) is 0 Å². The topological polar surface area (TPSA) is 83.3 Å². The Morgan fingerprint density at radius 1 is 1.21 bits per heavy atom. The predicted molar refractivity (Wildman–Crippen MR) is 48.2 cm³/mol. The Kier molecular flexibility index (Phi) is 1.78. The van der Waals surface area contributed by atoms with Gasteiger partial charge in [-0.3, -0.25) is 0 Å². The highest BCUT2D eigenvalue weighted by Gasteiger charge is 2.10. The third-order valence-corrected chi connectivity index (χ3v) is 1.77. The van der Waals surface area contributed by atoms with E-state index in [2.05, 4.69) is 9.97 Å². The van der Waals surface area contributed by atoms with Crippen LogP contribution >= 0.6 is 0 Å². The number of aromatic nitrogens is 2. The van der Waals surface area contributed by atoms with E-state index in [0.717, 1.165) is 0 Å². The molecule has 0 amide bonds. The molecule has 2 aromatic rings. The first-order valence-electron chi connectivity index (χ1n) is 3.87. The maximum absolute atomic E-state index is 10.6. The predicted octanol–water partition coefficient (Wildman–Crippen LogP) is 1.03. The first kappa shape index (κ1) is 8.43. The van der Waals surface area contributed by atoms with E-state index < -0.39 is 11.8 Å². The molecule has 1 aromatic heterocycles. The molecule has 1 aromatic carbocycles. The zero-order valence-electron chi connectivity index (χ0n) is 7.01. The fraction of sp³-hybridized carbons (Fsp3) is 0. The van der Waals surface area contributed by atoms with Gasteiger partial charge in [0.2, 0.25) is 11.7 Å². The second-order valence-electron chi connectivity index (χ2n) is 2.69. The summed E-state index contributed by atoms with van der Waals surface area (Å²) in [6.07, 6.45) is 0. The van der Waals surface area contributed by atoms with E-state index in [-0.39, 0.29) is 5.88 Å². The van der Waals surface area contributed by atoms with Crippen LogP contribution in [0.3, 0.4) is 0 Å². The van der Waals surface area contributed by atoms with Crippen molar-refractivity contribution in [3.63, 3.8) is 0 Å². The van der Waals surface area contributed by atoms with Crippen LogP contribution in [0.5, 0.6) is 5.88 Å². The van der Waals surface area contributed by atoms with Crippen LogP contribution in [0.4, 0.5) is 0 Å². The summed E-state index contributed by atoms with van der Waals surface area (Å²) in [6, 6.07) is 6.66. The molecule has 2 N–H and O–H groups in total. The van der Waals surface area contributed by atoms with Gasteiger partial charge >= 0.3 is 5.97 Å². The first-order chi connectivity index (χ1) is 6.68. The minimum Gasteiger partial charge on any atom is -0.493 e. The molecule has 70 valence electrons. The molecule has 0 spiro atoms. The number of nitrogens with zero attached hydrogens (tertiary/aromatic N) is 2. The van der Waals surface area contributed by atoms with Crippen LogP contribution in [-0.2, 0) is 0 Å². The average molecular weight is 190 g/mol. The van der Waals surface area contributed by atoms with Crippen molar-refractivity contribution in [3.8, 4) is 5.88 Å². The molecule has 0 radical (unpaired) electrons. The lowest BCUT2D eigenvalue weighted by Gasteiger charge is -2.00. The SMILES string of the molecule is O=C(O)c1nc(O)c2ccccc2n1. The smallest absolute Gasteiger partial charge is 0.374 e. The summed E-state index contributed by atoms with van der Waals surface area (Å²) >= 11 is 0. The number of aromatic hydroxyl groups is 1. The molecule has 0 saturated carbocycles. The van der Waals surface area contributed by atoms with Gasteiger partial charge in [-0.05, 0) is 12.1 Å². The van der Waals surface area contributed by atoms with Gasteiger partial charge in [-0.15, -0.1) is 0 Å². The number of carboxylic acids is 1. The summed E-state index contributed by atoms with van der Waals surface area (Å²) in [6.45, 7) is 0. The van der Waals surface area contributed by atoms with E-state index in [1.54, 1.807) is 24.3 Å². The normalized spacial score (nSPS) is 10.3. The quantitative estimate of drug-likeness (QED) is 0.701. The molecule has 0 aliphatic carbocycles. The fourth-order valence-electron chi connectivity index (χ4n) is 1.16. The first-order valence-corrected chi connectivity index (χ1v) is 3.87. The van der Waals surface area contributed by atoms with E-state index in [1.807, 2.05) is 0 Å². The third kappa shape index (κ3) is 1.24. The van der Waals surface area contributed by atoms with Crippen molar-refractivity contribution in [2.24, 2.45) is 0 Å². The third-order valence-electron chi connectivity index (χ3n) is 1.77. The minimum absolute atomic E-state index is 0.312. The summed E-state index contributed by atoms with van der Waals surface area (Å²) in [4.78, 5) is 17.8. The Balaban J connectivity index is 2.78. The molecule has 0 saturated heterocycles. The van der Waals surface area contributed by atoms with Gasteiger partial charge in [0, 0.05) is 0 Å². The molecule has 2 rings (SSSR count). The number of benzene rings is 1. The molecule has 5 nitrogen and oxygen atoms in total. The zero-order valence-corrected chi connectivity index (χ0v) is 7.01. The number of aromatic carboxylic acids is 1. The van der Waals surface area contributed by atoms with Crippen LogP contribution < -0.4 is 0 Å². The van der Waals surface area contributed by atoms with Crippen molar-refractivity contribution in [2.45, 2.75) is 0 Å². The largest absolute Gasteiger partial charge is 0.493 e. The highest BCUT2D eigenvalue weighted by atomic mass is 16.4. The van der Waals surface area contributed by atoms with Crippen LogP contribution in [0, 0.1) is 0 Å². The lowest BCUT2D eigenvalue weighted by Crippen LogP contribution is -2.03. The van der Waals surface area contributed by atoms with Gasteiger partial charge in [0.1, 0.15) is 0 Å². The molecule has 0 unspecified atom stereocenters. The Morgan fingerprint density at radius 3 is 2.64 bits per heavy atom. The standard InChI is InChI=1S/C9H6N2O3/c12-8-5-3-1-2-4-6(5)10-7(11-8)9(13)14/h1-4H,(H,13,14)(H,10,11,12). The number of para-hydroxylation sites is 1. The van der Waals surface area contributed by atoms with Crippen molar-refractivity contribution in [1.29, 1.82) is 0 Å². The molecule has 0 aliphatic heterocycles. The van der Waals surface area contributed by atoms with Crippen LogP contribution in [0.2, 0.25) is 0 Å². The molecule has 0 aliphatic rings. The Morgan fingerprint density at radius 2 is 1.93 bits per heavy atom. The summed E-state index contributed by atoms with van der Waals surface area (Å²) in [7, 11) is 0. The molecule has 0 atom stereocenters. The highest BCUT2D eigenvalue weighted by Crippen LogP contribution is 2.20. The van der Waals surface area contributed by atoms with Gasteiger partial charge in [-0.2, -0.15) is 4.98 Å². The van der Waals surface area contributed by atoms with Crippen molar-refractivity contribution in [3.05, 3.63) is 30.1 Å². The van der Waals surface area contributed by atoms with E-state index in [4.69, 9.17) is 5.11 Å². The van der Waals surface area contributed by atoms with Gasteiger partial charge in [0.05, 0.1) is 10.9 Å². The summed E-state index contributed by atoms with van der Waals surface area (Å²) < 4.78 is 0. The van der Waals surface area contributed by atoms with Crippen LogP contribution in [0.15, 0.2) is 24.3 Å². The lowest BCUT2D eigenvalue weighted by atomic mass is 10.2. The molecule has 5 heteroatoms. The Labute approximate surface area is 78.7 Å². The van der Waals surface area contributed by atoms with Gasteiger partial charge in [0.15, 0.2) is 0 Å². The number of carbonyl (C=O) groups is 1. The average Bonchev–Trinajstić information content (AvgIpc) is 2.17. The summed E-state index contributed by atoms with van der Waals surface area (Å²) in [5.41, 5.74) is 0.414. The number of hydrogen-bond donors (Lipinski definition) is 2. The summed E-state index contributed by atoms with van der Waals surface area (Å²) in [5.74, 6) is -1.97. The highest BCUT2D eigenvalue weighted by molar-refractivity contribution is 5.89. The van der Waals surface area contributed by atoms with Crippen molar-refractivity contribution in [1.82, 2.24) is 9.97 Å². The number of carboxylic acid groups (broad SMARTS) is 1. The zero-order chi connectivity index (χ0) is 10.1. The van der Waals surface area contributed by atoms with E-state index in [0.29, 0.717) is 10.9 Å². The van der Waals surface area contributed by atoms with Crippen molar-refractivity contribution >= 4 is 16.9 Å². The van der Waals surface area contributed by atoms with Gasteiger partial charge in [-0.25, -0.2) is 9.78 Å². The monoisotopic (exact) mass is 190 g/mol. The van der Waals surface area contributed by atoms with E-state index in [9.17, 15) is 9.90 Å². The molecule has 1 heterocycles. The van der Waals surface area contributed by atoms with E-state index in [1.165, 1.54) is 0 Å². The van der Waals surface area contributed by atoms with Crippen molar-refractivity contribution in [2.75, 3.05) is 0 Å². The number of rotatable bonds is 1. The molecule has 0 fully saturated rings. The van der Waals surface area contributed by atoms with Gasteiger partial charge < -0.3 is 10.2 Å². The lowest BCUT2D eigenvalue weighted by molar-refractivity contribution is 0.0683. The maximum Gasteiger partial charge on any atom is 0.374 e. The van der Waals surface area contributed by atoms with Crippen LogP contribution in [-0.4, -0.2) is 26.2 Å². The fourth-order valence-corrected chi connectivity index (χ4v) is 1.16. The Hall–Kier alpha value is -2.17. The second-order valence-corrected chi connectivity index (χ2v) is 2.69. The molecule has 0 bridgehead atoms. The van der Waals surface area contributed by atoms with Crippen LogP contribution in [0.25, 0.3) is 10.9 Å². The number of fused-ring (bicyclic) bond motifs is 1. The van der Waals surface area contributed by atoms with Gasteiger partial charge in [-0.1, -0.05) is 12.1 Å². The van der Waals surface area contributed by atoms with Crippen LogP contribution in [0.1, 0.15) is 10.6 Å². The maximum atomic E-state index is 10.6. The number of hydrogen-bond acceptors (Lipinski definition) is 4.